The maximum atomic E-state index is 11.4. The molecule has 0 heterocycles. The molecule has 0 aliphatic carbocycles. The molecule has 0 aromatic heterocycles. The van der Waals surface area contributed by atoms with E-state index in [9.17, 15) is 4.79 Å². The summed E-state index contributed by atoms with van der Waals surface area (Å²) in [6.07, 6.45) is 0.791. The number of hydrogen-bond donors (Lipinski definition) is 1. The number of rotatable bonds is 4. The Bertz CT molecular complexity index is 430. The lowest BCUT2D eigenvalue weighted by atomic mass is 10.0. The fraction of sp³-hybridized carbons (Fsp3) is 0.500. The van der Waals surface area contributed by atoms with Gasteiger partial charge in [0, 0.05) is 20.6 Å². The molecule has 0 spiro atoms. The average Bonchev–Trinajstić information content (AvgIpc) is 2.35. The first-order valence-corrected chi connectivity index (χ1v) is 6.06. The smallest absolute Gasteiger partial charge is 0.316 e. The maximum Gasteiger partial charge on any atom is 0.316 e. The lowest BCUT2D eigenvalue weighted by Gasteiger charge is -2.18. The molecular weight excluding hydrogens is 228 g/mol. The van der Waals surface area contributed by atoms with Crippen molar-refractivity contribution in [3.8, 4) is 5.75 Å². The highest BCUT2D eigenvalue weighted by molar-refractivity contribution is 5.73. The third kappa shape index (κ3) is 3.39. The van der Waals surface area contributed by atoms with Crippen LogP contribution in [0.2, 0.25) is 0 Å². The Labute approximate surface area is 109 Å². The van der Waals surface area contributed by atoms with Gasteiger partial charge >= 0.3 is 6.03 Å². The highest BCUT2D eigenvalue weighted by Gasteiger charge is 2.11. The second-order valence-corrected chi connectivity index (χ2v) is 4.49. The van der Waals surface area contributed by atoms with E-state index in [0.717, 1.165) is 12.2 Å². The van der Waals surface area contributed by atoms with Gasteiger partial charge in [0.15, 0.2) is 0 Å². The van der Waals surface area contributed by atoms with Gasteiger partial charge in [0.2, 0.25) is 0 Å². The first-order valence-electron chi connectivity index (χ1n) is 6.06. The number of amides is 2. The number of nitrogens with one attached hydrogen (secondary N) is 1. The number of hydrogen-bond acceptors (Lipinski definition) is 2. The van der Waals surface area contributed by atoms with Gasteiger partial charge in [-0.05, 0) is 43.0 Å². The molecule has 0 saturated carbocycles. The minimum atomic E-state index is -0.0706. The van der Waals surface area contributed by atoms with E-state index in [-0.39, 0.29) is 6.03 Å². The summed E-state index contributed by atoms with van der Waals surface area (Å²) in [4.78, 5) is 13.1. The van der Waals surface area contributed by atoms with Gasteiger partial charge in [-0.15, -0.1) is 0 Å². The van der Waals surface area contributed by atoms with E-state index in [2.05, 4.69) is 25.2 Å². The molecule has 4 heteroatoms. The van der Waals surface area contributed by atoms with Crippen LogP contribution >= 0.6 is 0 Å². The predicted molar refractivity (Wildman–Crippen MR) is 73.3 cm³/mol. The van der Waals surface area contributed by atoms with Crippen molar-refractivity contribution >= 4 is 6.03 Å². The van der Waals surface area contributed by atoms with E-state index in [1.807, 2.05) is 6.07 Å². The molecule has 18 heavy (non-hydrogen) atoms. The minimum Gasteiger partial charge on any atom is -0.496 e. The zero-order valence-corrected chi connectivity index (χ0v) is 11.8. The summed E-state index contributed by atoms with van der Waals surface area (Å²) in [7, 11) is 5.10. The summed E-state index contributed by atoms with van der Waals surface area (Å²) in [6.45, 7) is 4.79. The van der Waals surface area contributed by atoms with Gasteiger partial charge in [-0.25, -0.2) is 4.79 Å². The first-order chi connectivity index (χ1) is 8.49. The van der Waals surface area contributed by atoms with Crippen molar-refractivity contribution in [3.05, 3.63) is 28.8 Å². The van der Waals surface area contributed by atoms with Crippen LogP contribution in [0.1, 0.15) is 16.7 Å². The number of carbonyl (C=O) groups excluding carboxylic acids is 1. The Morgan fingerprint density at radius 1 is 1.39 bits per heavy atom. The molecule has 100 valence electrons. The van der Waals surface area contributed by atoms with Crippen LogP contribution in [0.3, 0.4) is 0 Å². The van der Waals surface area contributed by atoms with Crippen molar-refractivity contribution in [3.63, 3.8) is 0 Å². The Hall–Kier alpha value is -1.71. The van der Waals surface area contributed by atoms with Gasteiger partial charge in [-0.1, -0.05) is 6.07 Å². The lowest BCUT2D eigenvalue weighted by Crippen LogP contribution is -2.36. The van der Waals surface area contributed by atoms with Crippen LogP contribution in [0.5, 0.6) is 5.75 Å². The summed E-state index contributed by atoms with van der Waals surface area (Å²) in [5, 5.41) is 2.61. The van der Waals surface area contributed by atoms with Crippen molar-refractivity contribution in [1.82, 2.24) is 10.2 Å². The number of urea groups is 1. The Morgan fingerprint density at radius 2 is 2.06 bits per heavy atom. The van der Waals surface area contributed by atoms with Crippen LogP contribution in [-0.2, 0) is 6.42 Å². The fourth-order valence-electron chi connectivity index (χ4n) is 2.03. The number of ether oxygens (including phenoxy) is 1. The summed E-state index contributed by atoms with van der Waals surface area (Å²) in [5.41, 5.74) is 3.56. The number of benzene rings is 1. The third-order valence-electron chi connectivity index (χ3n) is 3.05. The number of aryl methyl sites for hydroxylation is 2. The summed E-state index contributed by atoms with van der Waals surface area (Å²) in [6, 6.07) is 4.10. The highest BCUT2D eigenvalue weighted by Crippen LogP contribution is 2.24. The fourth-order valence-corrected chi connectivity index (χ4v) is 2.03. The van der Waals surface area contributed by atoms with Crippen LogP contribution in [0.15, 0.2) is 12.1 Å². The van der Waals surface area contributed by atoms with Gasteiger partial charge in [-0.2, -0.15) is 0 Å². The molecular formula is C14H22N2O2. The second-order valence-electron chi connectivity index (χ2n) is 4.49. The second kappa shape index (κ2) is 6.28. The van der Waals surface area contributed by atoms with Crippen molar-refractivity contribution < 1.29 is 9.53 Å². The largest absolute Gasteiger partial charge is 0.496 e. The molecule has 1 aromatic rings. The molecule has 0 radical (unpaired) electrons. The zero-order chi connectivity index (χ0) is 13.7. The summed E-state index contributed by atoms with van der Waals surface area (Å²) < 4.78 is 5.41. The zero-order valence-electron chi connectivity index (χ0n) is 11.8. The third-order valence-corrected chi connectivity index (χ3v) is 3.05. The molecule has 1 aromatic carbocycles. The molecule has 2 amide bonds. The van der Waals surface area contributed by atoms with Crippen molar-refractivity contribution in [2.45, 2.75) is 20.3 Å². The van der Waals surface area contributed by atoms with Gasteiger partial charge in [0.05, 0.1) is 7.11 Å². The normalized spacial score (nSPS) is 10.1. The topological polar surface area (TPSA) is 41.6 Å². The standard InChI is InChI=1S/C14H22N2O2/c1-10-8-11(2)12(13(9-10)18-5)6-7-16(4)14(17)15-3/h8-9H,6-7H2,1-5H3,(H,15,17). The van der Waals surface area contributed by atoms with E-state index in [1.54, 1.807) is 26.1 Å². The highest BCUT2D eigenvalue weighted by atomic mass is 16.5. The molecule has 0 atom stereocenters. The van der Waals surface area contributed by atoms with Crippen molar-refractivity contribution in [2.75, 3.05) is 27.7 Å². The molecule has 0 fully saturated rings. The van der Waals surface area contributed by atoms with Crippen LogP contribution in [0.25, 0.3) is 0 Å². The van der Waals surface area contributed by atoms with E-state index in [1.165, 1.54) is 16.7 Å². The predicted octanol–water partition coefficient (Wildman–Crippen LogP) is 2.13. The number of likely N-dealkylation sites (N-methyl/N-ethyl adjacent to an activating group) is 1. The number of methoxy groups -OCH3 is 1. The number of carbonyl (C=O) groups is 1. The van der Waals surface area contributed by atoms with E-state index in [4.69, 9.17) is 4.74 Å². The van der Waals surface area contributed by atoms with E-state index >= 15 is 0 Å². The van der Waals surface area contributed by atoms with E-state index in [0.29, 0.717) is 6.54 Å². The van der Waals surface area contributed by atoms with Gasteiger partial charge in [0.25, 0.3) is 0 Å². The molecule has 0 aliphatic heterocycles. The Balaban J connectivity index is 2.81. The molecule has 1 N–H and O–H groups in total. The monoisotopic (exact) mass is 250 g/mol. The minimum absolute atomic E-state index is 0.0706. The average molecular weight is 250 g/mol. The van der Waals surface area contributed by atoms with Gasteiger partial charge in [-0.3, -0.25) is 0 Å². The lowest BCUT2D eigenvalue weighted by molar-refractivity contribution is 0.211. The maximum absolute atomic E-state index is 11.4. The van der Waals surface area contributed by atoms with Crippen molar-refractivity contribution in [1.29, 1.82) is 0 Å². The van der Waals surface area contributed by atoms with Gasteiger partial charge < -0.3 is 15.0 Å². The summed E-state index contributed by atoms with van der Waals surface area (Å²) in [5.74, 6) is 0.901. The van der Waals surface area contributed by atoms with Gasteiger partial charge in [0.1, 0.15) is 5.75 Å². The SMILES string of the molecule is CNC(=O)N(C)CCc1c(C)cc(C)cc1OC. The van der Waals surface area contributed by atoms with Crippen LogP contribution in [-0.4, -0.2) is 38.7 Å². The molecule has 1 rings (SSSR count). The molecule has 0 bridgehead atoms. The van der Waals surface area contributed by atoms with Crippen molar-refractivity contribution in [2.24, 2.45) is 0 Å². The Kier molecular flexibility index (Phi) is 5.01. The number of nitrogens with zero attached hydrogens (tertiary/aromatic N) is 1. The molecule has 0 saturated heterocycles. The quantitative estimate of drug-likeness (QED) is 0.889. The van der Waals surface area contributed by atoms with Crippen LogP contribution in [0, 0.1) is 13.8 Å². The van der Waals surface area contributed by atoms with Crippen LogP contribution in [0.4, 0.5) is 4.79 Å². The first kappa shape index (κ1) is 14.4. The molecule has 0 aliphatic rings. The van der Waals surface area contributed by atoms with E-state index < -0.39 is 0 Å². The van der Waals surface area contributed by atoms with Crippen LogP contribution < -0.4 is 10.1 Å². The molecule has 4 nitrogen and oxygen atoms in total. The molecule has 0 unspecified atom stereocenters. The summed E-state index contributed by atoms with van der Waals surface area (Å²) >= 11 is 0. The Morgan fingerprint density at radius 3 is 2.61 bits per heavy atom.